The van der Waals surface area contributed by atoms with Crippen molar-refractivity contribution >= 4 is 23.6 Å². The van der Waals surface area contributed by atoms with Crippen molar-refractivity contribution in [3.8, 4) is 16.9 Å². The maximum Gasteiger partial charge on any atom is 1.00 e. The second kappa shape index (κ2) is 19.8. The molecule has 1 fully saturated rings. The maximum atomic E-state index is 13.4. The van der Waals surface area contributed by atoms with Gasteiger partial charge in [0.1, 0.15) is 5.75 Å². The minimum atomic E-state index is -1.28. The first-order chi connectivity index (χ1) is 21.9. The minimum absolute atomic E-state index is 0. The predicted molar refractivity (Wildman–Crippen MR) is 178 cm³/mol. The van der Waals surface area contributed by atoms with Gasteiger partial charge in [-0.15, -0.1) is 0 Å². The number of carbonyl (C=O) groups is 2. The summed E-state index contributed by atoms with van der Waals surface area (Å²) in [5, 5.41) is 14.4. The molecule has 3 aromatic carbocycles. The number of ether oxygens (including phenoxy) is 3. The summed E-state index contributed by atoms with van der Waals surface area (Å²) in [6.07, 6.45) is 9.48. The van der Waals surface area contributed by atoms with Gasteiger partial charge in [-0.05, 0) is 89.8 Å². The summed E-state index contributed by atoms with van der Waals surface area (Å²) in [4.78, 5) is 25.1. The minimum Gasteiger partial charge on any atom is -0.548 e. The average molecular weight is 640 g/mol. The van der Waals surface area contributed by atoms with E-state index in [9.17, 15) is 14.7 Å². The molecule has 9 heteroatoms. The zero-order chi connectivity index (χ0) is 32.0. The van der Waals surface area contributed by atoms with E-state index < -0.39 is 17.9 Å². The molecule has 7 nitrogen and oxygen atoms in total. The molecule has 0 bridgehead atoms. The third kappa shape index (κ3) is 11.5. The third-order valence-electron chi connectivity index (χ3n) is 8.50. The Morgan fingerprint density at radius 1 is 0.957 bits per heavy atom. The number of amides is 1. The number of aliphatic carboxylic acids is 1. The number of methoxy groups -OCH3 is 1. The van der Waals surface area contributed by atoms with Crippen LogP contribution in [0.2, 0.25) is 0 Å². The van der Waals surface area contributed by atoms with E-state index in [0.717, 1.165) is 40.0 Å². The van der Waals surface area contributed by atoms with Gasteiger partial charge in [-0.3, -0.25) is 4.79 Å². The van der Waals surface area contributed by atoms with Crippen molar-refractivity contribution in [3.63, 3.8) is 0 Å². The summed E-state index contributed by atoms with van der Waals surface area (Å²) in [5.41, 5.74) is 5.11. The van der Waals surface area contributed by atoms with Crippen LogP contribution in [0.3, 0.4) is 0 Å². The molecule has 1 amide bonds. The van der Waals surface area contributed by atoms with Gasteiger partial charge in [0.15, 0.2) is 0 Å². The Labute approximate surface area is 290 Å². The molecule has 0 spiro atoms. The first-order valence-corrected chi connectivity index (χ1v) is 17.3. The van der Waals surface area contributed by atoms with Crippen molar-refractivity contribution in [2.45, 2.75) is 77.2 Å². The number of carbonyl (C=O) groups excluding carboxylic acids is 2. The van der Waals surface area contributed by atoms with Crippen molar-refractivity contribution in [1.29, 1.82) is 0 Å². The predicted octanol–water partition coefficient (Wildman–Crippen LogP) is 3.35. The number of rotatable bonds is 17. The van der Waals surface area contributed by atoms with E-state index >= 15 is 0 Å². The van der Waals surface area contributed by atoms with Gasteiger partial charge in [0, 0.05) is 5.56 Å². The Morgan fingerprint density at radius 2 is 1.67 bits per heavy atom. The number of aryl methyl sites for hydroxylation is 1. The second-order valence-electron chi connectivity index (χ2n) is 11.9. The fourth-order valence-electron chi connectivity index (χ4n) is 5.92. The van der Waals surface area contributed by atoms with Gasteiger partial charge in [-0.2, -0.15) is 11.8 Å². The standard InChI is InChI=1S/C37H47NO6S.Li/c1-26-9-7-8-12-32(26)34-22-29(15-18-33(34)36(39)38-35(37(40)41)19-20-45-3)23-43-25-31(21-27-10-5-4-6-11-27)44-24-28-13-16-30(42-2)17-14-28;/h7-9,12-18,22,27,31,35H,4-6,10-11,19-21,23-25H2,1-3H3,(H,38,39)(H,40,41);/q;+1/p-1/t31-,35-;/m0./s1. The molecular weight excluding hydrogens is 593 g/mol. The molecule has 0 radical (unpaired) electrons. The Balaban J connectivity index is 0.00000576. The Kier molecular flexibility index (Phi) is 16.3. The molecule has 3 aromatic rings. The van der Waals surface area contributed by atoms with Gasteiger partial charge >= 0.3 is 18.9 Å². The molecular formula is C37H46LiNO6S. The molecule has 0 heterocycles. The summed E-state index contributed by atoms with van der Waals surface area (Å²) in [5.74, 6) is 0.358. The van der Waals surface area contributed by atoms with E-state index in [-0.39, 0.29) is 25.0 Å². The number of thioether (sulfide) groups is 1. The van der Waals surface area contributed by atoms with Crippen LogP contribution in [0.5, 0.6) is 5.75 Å². The second-order valence-corrected chi connectivity index (χ2v) is 12.8. The molecule has 1 aliphatic carbocycles. The largest absolute Gasteiger partial charge is 1.00 e. The van der Waals surface area contributed by atoms with Crippen LogP contribution in [0.15, 0.2) is 66.7 Å². The summed E-state index contributed by atoms with van der Waals surface area (Å²) < 4.78 is 18.0. The molecule has 1 saturated carbocycles. The fraction of sp³-hybridized carbons (Fsp3) is 0.459. The number of hydrogen-bond acceptors (Lipinski definition) is 7. The van der Waals surface area contributed by atoms with Crippen LogP contribution in [0, 0.1) is 12.8 Å². The number of carboxylic acid groups (broad SMARTS) is 1. The van der Waals surface area contributed by atoms with Gasteiger partial charge in [0.2, 0.25) is 0 Å². The fourth-order valence-corrected chi connectivity index (χ4v) is 6.39. The summed E-state index contributed by atoms with van der Waals surface area (Å²) >= 11 is 1.53. The van der Waals surface area contributed by atoms with Crippen LogP contribution in [-0.2, 0) is 27.5 Å². The Morgan fingerprint density at radius 3 is 2.35 bits per heavy atom. The number of benzene rings is 3. The zero-order valence-electron chi connectivity index (χ0n) is 27.7. The van der Waals surface area contributed by atoms with Crippen molar-refractivity contribution in [3.05, 3.63) is 89.0 Å². The van der Waals surface area contributed by atoms with Crippen LogP contribution in [-0.4, -0.2) is 49.7 Å². The van der Waals surface area contributed by atoms with Crippen LogP contribution in [0.1, 0.15) is 72.0 Å². The van der Waals surface area contributed by atoms with Crippen LogP contribution in [0.25, 0.3) is 11.1 Å². The first kappa shape index (κ1) is 37.7. The molecule has 46 heavy (non-hydrogen) atoms. The SMILES string of the molecule is COc1ccc(CO[C@H](COCc2ccc(C(=O)N[C@@H](CCSC)C(=O)[O-])c(-c3ccccc3C)c2)CC2CCCCC2)cc1.[Li+]. The summed E-state index contributed by atoms with van der Waals surface area (Å²) in [6.45, 7) is 3.34. The van der Waals surface area contributed by atoms with Gasteiger partial charge in [0.25, 0.3) is 5.91 Å². The van der Waals surface area contributed by atoms with Gasteiger partial charge < -0.3 is 29.4 Å². The summed E-state index contributed by atoms with van der Waals surface area (Å²) in [7, 11) is 1.66. The van der Waals surface area contributed by atoms with Gasteiger partial charge in [-0.1, -0.05) is 74.6 Å². The molecule has 1 aliphatic rings. The Hall–Kier alpha value is -2.73. The number of carboxylic acids is 1. The molecule has 0 aliphatic heterocycles. The monoisotopic (exact) mass is 639 g/mol. The van der Waals surface area contributed by atoms with Gasteiger partial charge in [0.05, 0.1) is 45.0 Å². The van der Waals surface area contributed by atoms with Crippen molar-refractivity contribution in [1.82, 2.24) is 5.32 Å². The van der Waals surface area contributed by atoms with E-state index in [1.807, 2.05) is 73.8 Å². The first-order valence-electron chi connectivity index (χ1n) is 15.9. The maximum absolute atomic E-state index is 13.4. The van der Waals surface area contributed by atoms with Crippen molar-refractivity contribution in [2.24, 2.45) is 5.92 Å². The quantitative estimate of drug-likeness (QED) is 0.227. The third-order valence-corrected chi connectivity index (χ3v) is 9.15. The van der Waals surface area contributed by atoms with Crippen molar-refractivity contribution < 1.29 is 47.8 Å². The molecule has 4 rings (SSSR count). The normalized spacial score (nSPS) is 14.6. The molecule has 2 atom stereocenters. The van der Waals surface area contributed by atoms with Gasteiger partial charge in [-0.25, -0.2) is 0 Å². The molecule has 0 unspecified atom stereocenters. The van der Waals surface area contributed by atoms with Crippen LogP contribution in [0.4, 0.5) is 0 Å². The van der Waals surface area contributed by atoms with E-state index in [0.29, 0.717) is 43.5 Å². The summed E-state index contributed by atoms with van der Waals surface area (Å²) in [6, 6.07) is 20.4. The molecule has 0 aromatic heterocycles. The topological polar surface area (TPSA) is 96.9 Å². The van der Waals surface area contributed by atoms with Crippen molar-refractivity contribution in [2.75, 3.05) is 25.7 Å². The van der Waals surface area contributed by atoms with Crippen LogP contribution < -0.4 is 34.0 Å². The molecule has 242 valence electrons. The smallest absolute Gasteiger partial charge is 0.548 e. The molecule has 1 N–H and O–H groups in total. The van der Waals surface area contributed by atoms with E-state index in [1.165, 1.54) is 43.9 Å². The van der Waals surface area contributed by atoms with E-state index in [1.54, 1.807) is 13.2 Å². The van der Waals surface area contributed by atoms with E-state index in [2.05, 4.69) is 5.32 Å². The number of nitrogens with one attached hydrogen (secondary N) is 1. The molecule has 0 saturated heterocycles. The van der Waals surface area contributed by atoms with Crippen LogP contribution >= 0.6 is 11.8 Å². The zero-order valence-corrected chi connectivity index (χ0v) is 28.5. The Bertz CT molecular complexity index is 1380. The van der Waals surface area contributed by atoms with E-state index in [4.69, 9.17) is 14.2 Å². The number of hydrogen-bond donors (Lipinski definition) is 1. The average Bonchev–Trinajstić information content (AvgIpc) is 3.06.